The molecule has 7 heteroatoms. The van der Waals surface area contributed by atoms with Gasteiger partial charge in [-0.2, -0.15) is 0 Å². The van der Waals surface area contributed by atoms with E-state index in [1.54, 1.807) is 6.07 Å². The first kappa shape index (κ1) is 21.4. The Balaban J connectivity index is 1.97. The lowest BCUT2D eigenvalue weighted by molar-refractivity contribution is -0.144. The zero-order valence-electron chi connectivity index (χ0n) is 17.2. The molecular weight excluding hydrogens is 375 g/mol. The molecule has 3 rings (SSSR count). The van der Waals surface area contributed by atoms with E-state index < -0.39 is 23.0 Å². The van der Waals surface area contributed by atoms with Crippen LogP contribution in [0.5, 0.6) is 0 Å². The van der Waals surface area contributed by atoms with E-state index in [1.807, 2.05) is 11.8 Å². The average Bonchev–Trinajstić information content (AvgIpc) is 2.96. The summed E-state index contributed by atoms with van der Waals surface area (Å²) < 4.78 is 19.8. The molecular formula is C22H29FN2O4. The normalized spacial score (nSPS) is 25.0. The summed E-state index contributed by atoms with van der Waals surface area (Å²) in [5, 5.41) is 0. The van der Waals surface area contributed by atoms with Gasteiger partial charge in [-0.1, -0.05) is 25.1 Å². The SMILES string of the molecule is CC[C@@H]1CCCCN1C(=O)C[C@@]1(c2ccccc2F)CC(=O)N(CCOC)C1=O. The minimum atomic E-state index is -1.50. The second kappa shape index (κ2) is 9.03. The number of piperidine rings is 1. The van der Waals surface area contributed by atoms with E-state index in [0.717, 1.165) is 30.6 Å². The standard InChI is InChI=1S/C22H29FN2O4/c1-3-16-8-6-7-11-24(16)19(26)14-22(17-9-4-5-10-18(17)23)15-20(27)25(21(22)28)12-13-29-2/h4-5,9-10,16H,3,6-8,11-15H2,1-2H3/t16-,22+/m1/s1. The number of methoxy groups -OCH3 is 1. The number of hydrogen-bond acceptors (Lipinski definition) is 4. The van der Waals surface area contributed by atoms with E-state index in [2.05, 4.69) is 0 Å². The van der Waals surface area contributed by atoms with Crippen LogP contribution in [0, 0.1) is 5.82 Å². The summed E-state index contributed by atoms with van der Waals surface area (Å²) in [5.74, 6) is -1.66. The molecule has 0 unspecified atom stereocenters. The minimum Gasteiger partial charge on any atom is -0.383 e. The molecule has 0 spiro atoms. The maximum absolute atomic E-state index is 14.8. The van der Waals surface area contributed by atoms with Crippen LogP contribution in [0.25, 0.3) is 0 Å². The molecule has 0 saturated carbocycles. The number of imide groups is 1. The molecule has 2 atom stereocenters. The number of carbonyl (C=O) groups is 3. The monoisotopic (exact) mass is 404 g/mol. The smallest absolute Gasteiger partial charge is 0.241 e. The van der Waals surface area contributed by atoms with Crippen LogP contribution < -0.4 is 0 Å². The molecule has 2 fully saturated rings. The number of hydrogen-bond donors (Lipinski definition) is 0. The number of likely N-dealkylation sites (tertiary alicyclic amines) is 2. The highest BCUT2D eigenvalue weighted by molar-refractivity contribution is 6.10. The maximum atomic E-state index is 14.8. The summed E-state index contributed by atoms with van der Waals surface area (Å²) in [5.41, 5.74) is -1.38. The van der Waals surface area contributed by atoms with Crippen LogP contribution in [0.15, 0.2) is 24.3 Å². The van der Waals surface area contributed by atoms with Crippen LogP contribution in [0.2, 0.25) is 0 Å². The van der Waals surface area contributed by atoms with Crippen LogP contribution >= 0.6 is 0 Å². The van der Waals surface area contributed by atoms with Gasteiger partial charge in [0.25, 0.3) is 0 Å². The van der Waals surface area contributed by atoms with Crippen molar-refractivity contribution >= 4 is 17.7 Å². The fourth-order valence-electron chi connectivity index (χ4n) is 4.62. The minimum absolute atomic E-state index is 0.0971. The van der Waals surface area contributed by atoms with Crippen molar-refractivity contribution in [2.75, 3.05) is 26.8 Å². The Morgan fingerprint density at radius 1 is 1.28 bits per heavy atom. The van der Waals surface area contributed by atoms with E-state index in [4.69, 9.17) is 4.74 Å². The average molecular weight is 404 g/mol. The van der Waals surface area contributed by atoms with Gasteiger partial charge in [0.05, 0.1) is 18.6 Å². The Morgan fingerprint density at radius 3 is 2.72 bits per heavy atom. The number of amides is 3. The number of nitrogens with zero attached hydrogens (tertiary/aromatic N) is 2. The molecule has 0 radical (unpaired) electrons. The van der Waals surface area contributed by atoms with E-state index in [1.165, 1.54) is 25.3 Å². The van der Waals surface area contributed by atoms with E-state index >= 15 is 0 Å². The number of halogens is 1. The summed E-state index contributed by atoms with van der Waals surface area (Å²) in [6, 6.07) is 6.09. The van der Waals surface area contributed by atoms with E-state index in [-0.39, 0.29) is 43.5 Å². The Kier molecular flexibility index (Phi) is 6.67. The molecule has 6 nitrogen and oxygen atoms in total. The van der Waals surface area contributed by atoms with Gasteiger partial charge in [-0.3, -0.25) is 19.3 Å². The first-order chi connectivity index (χ1) is 13.9. The van der Waals surface area contributed by atoms with Crippen LogP contribution in [0.3, 0.4) is 0 Å². The van der Waals surface area contributed by atoms with Crippen molar-refractivity contribution in [3.8, 4) is 0 Å². The number of ether oxygens (including phenoxy) is 1. The quantitative estimate of drug-likeness (QED) is 0.656. The van der Waals surface area contributed by atoms with Gasteiger partial charge >= 0.3 is 0 Å². The Hall–Kier alpha value is -2.28. The highest BCUT2D eigenvalue weighted by Gasteiger charge is 2.55. The van der Waals surface area contributed by atoms with Gasteiger partial charge in [0.1, 0.15) is 5.82 Å². The van der Waals surface area contributed by atoms with E-state index in [0.29, 0.717) is 6.54 Å². The molecule has 3 amide bonds. The first-order valence-corrected chi connectivity index (χ1v) is 10.3. The summed E-state index contributed by atoms with van der Waals surface area (Å²) >= 11 is 0. The predicted octanol–water partition coefficient (Wildman–Crippen LogP) is 2.65. The summed E-state index contributed by atoms with van der Waals surface area (Å²) in [4.78, 5) is 42.3. The van der Waals surface area contributed by atoms with Crippen LogP contribution in [0.4, 0.5) is 4.39 Å². The van der Waals surface area contributed by atoms with Crippen molar-refractivity contribution in [1.29, 1.82) is 0 Å². The summed E-state index contributed by atoms with van der Waals surface area (Å²) in [6.07, 6.45) is 3.36. The van der Waals surface area contributed by atoms with E-state index in [9.17, 15) is 18.8 Å². The van der Waals surface area contributed by atoms with Gasteiger partial charge in [0.2, 0.25) is 17.7 Å². The van der Waals surface area contributed by atoms with Crippen molar-refractivity contribution in [3.05, 3.63) is 35.6 Å². The highest BCUT2D eigenvalue weighted by Crippen LogP contribution is 2.42. The second-order valence-electron chi connectivity index (χ2n) is 7.90. The second-order valence-corrected chi connectivity index (χ2v) is 7.90. The number of carbonyl (C=O) groups excluding carboxylic acids is 3. The summed E-state index contributed by atoms with van der Waals surface area (Å²) in [7, 11) is 1.49. The number of benzene rings is 1. The van der Waals surface area contributed by atoms with Crippen molar-refractivity contribution in [1.82, 2.24) is 9.80 Å². The van der Waals surface area contributed by atoms with Crippen molar-refractivity contribution in [2.45, 2.75) is 56.9 Å². The lowest BCUT2D eigenvalue weighted by Gasteiger charge is -2.37. The topological polar surface area (TPSA) is 66.9 Å². The predicted molar refractivity (Wildman–Crippen MR) is 106 cm³/mol. The molecule has 1 aromatic carbocycles. The van der Waals surface area contributed by atoms with Crippen molar-refractivity contribution in [2.24, 2.45) is 0 Å². The highest BCUT2D eigenvalue weighted by atomic mass is 19.1. The molecule has 29 heavy (non-hydrogen) atoms. The Bertz CT molecular complexity index is 784. The van der Waals surface area contributed by atoms with Gasteiger partial charge in [-0.05, 0) is 31.7 Å². The molecule has 0 bridgehead atoms. The van der Waals surface area contributed by atoms with Gasteiger partial charge in [0, 0.05) is 38.1 Å². The van der Waals surface area contributed by atoms with Gasteiger partial charge in [-0.25, -0.2) is 4.39 Å². The third kappa shape index (κ3) is 4.06. The van der Waals surface area contributed by atoms with Gasteiger partial charge in [-0.15, -0.1) is 0 Å². The maximum Gasteiger partial charge on any atom is 0.241 e. The van der Waals surface area contributed by atoms with Crippen molar-refractivity contribution < 1.29 is 23.5 Å². The molecule has 2 aliphatic heterocycles. The third-order valence-corrected chi connectivity index (χ3v) is 6.19. The lowest BCUT2D eigenvalue weighted by atomic mass is 9.75. The molecule has 0 N–H and O–H groups in total. The molecule has 0 aliphatic carbocycles. The molecule has 2 saturated heterocycles. The number of rotatable bonds is 7. The molecule has 0 aromatic heterocycles. The largest absolute Gasteiger partial charge is 0.383 e. The molecule has 1 aromatic rings. The van der Waals surface area contributed by atoms with Crippen molar-refractivity contribution in [3.63, 3.8) is 0 Å². The molecule has 2 aliphatic rings. The van der Waals surface area contributed by atoms with Crippen LogP contribution in [-0.4, -0.2) is 60.4 Å². The fourth-order valence-corrected chi connectivity index (χ4v) is 4.62. The van der Waals surface area contributed by atoms with Gasteiger partial charge in [0.15, 0.2) is 0 Å². The first-order valence-electron chi connectivity index (χ1n) is 10.3. The Labute approximate surface area is 171 Å². The summed E-state index contributed by atoms with van der Waals surface area (Å²) in [6.45, 7) is 2.97. The zero-order valence-corrected chi connectivity index (χ0v) is 17.2. The molecule has 2 heterocycles. The zero-order chi connectivity index (χ0) is 21.0. The molecule has 158 valence electrons. The van der Waals surface area contributed by atoms with Crippen LogP contribution in [0.1, 0.15) is 51.0 Å². The fraction of sp³-hybridized carbons (Fsp3) is 0.591. The third-order valence-electron chi connectivity index (χ3n) is 6.19. The lowest BCUT2D eigenvalue weighted by Crippen LogP contribution is -2.48. The van der Waals surface area contributed by atoms with Crippen LogP contribution in [-0.2, 0) is 24.5 Å². The Morgan fingerprint density at radius 2 is 2.03 bits per heavy atom. The van der Waals surface area contributed by atoms with Gasteiger partial charge < -0.3 is 9.64 Å².